The van der Waals surface area contributed by atoms with E-state index in [1.807, 2.05) is 20.8 Å². The van der Waals surface area contributed by atoms with Crippen molar-refractivity contribution in [2.24, 2.45) is 5.18 Å². The second kappa shape index (κ2) is 5.35. The minimum Gasteiger partial charge on any atom is -0.376 e. The van der Waals surface area contributed by atoms with E-state index in [1.54, 1.807) is 0 Å². The minimum absolute atomic E-state index is 0.0347. The Morgan fingerprint density at radius 3 is 2.40 bits per heavy atom. The second-order valence-corrected chi connectivity index (χ2v) is 2.24. The summed E-state index contributed by atoms with van der Waals surface area (Å²) < 4.78 is 5.19. The van der Waals surface area contributed by atoms with Gasteiger partial charge in [0, 0.05) is 6.61 Å². The van der Waals surface area contributed by atoms with Gasteiger partial charge in [0.05, 0.1) is 6.10 Å². The number of nitroso groups, excluding NO2 is 1. The molecule has 2 atom stereocenters. The molecule has 0 aliphatic carbocycles. The van der Waals surface area contributed by atoms with Crippen molar-refractivity contribution < 1.29 is 4.74 Å². The van der Waals surface area contributed by atoms with E-state index in [9.17, 15) is 4.91 Å². The Kier molecular flexibility index (Phi) is 5.12. The number of hydrogen-bond donors (Lipinski definition) is 0. The van der Waals surface area contributed by atoms with E-state index in [0.717, 1.165) is 6.42 Å². The van der Waals surface area contributed by atoms with E-state index in [4.69, 9.17) is 4.74 Å². The fourth-order valence-electron chi connectivity index (χ4n) is 0.866. The van der Waals surface area contributed by atoms with Gasteiger partial charge in [-0.05, 0) is 20.3 Å². The van der Waals surface area contributed by atoms with Crippen molar-refractivity contribution in [3.63, 3.8) is 0 Å². The summed E-state index contributed by atoms with van der Waals surface area (Å²) in [6.07, 6.45) is 0.720. The molecule has 60 valence electrons. The Hall–Kier alpha value is -0.440. The SMILES string of the molecule is CCOC(C)C(CC)N=O. The summed E-state index contributed by atoms with van der Waals surface area (Å²) in [5.74, 6) is 0. The Labute approximate surface area is 61.7 Å². The minimum atomic E-state index is -0.181. The molecule has 0 amide bonds. The lowest BCUT2D eigenvalue weighted by molar-refractivity contribution is 0.0570. The monoisotopic (exact) mass is 145 g/mol. The first-order chi connectivity index (χ1) is 4.76. The number of hydrogen-bond acceptors (Lipinski definition) is 3. The van der Waals surface area contributed by atoms with Crippen LogP contribution in [0.1, 0.15) is 27.2 Å². The molecular formula is C7H15NO2. The van der Waals surface area contributed by atoms with Gasteiger partial charge in [-0.25, -0.2) is 0 Å². The van der Waals surface area contributed by atoms with Crippen molar-refractivity contribution in [3.8, 4) is 0 Å². The van der Waals surface area contributed by atoms with Gasteiger partial charge in [-0.1, -0.05) is 12.1 Å². The quantitative estimate of drug-likeness (QED) is 0.554. The van der Waals surface area contributed by atoms with Gasteiger partial charge in [-0.15, -0.1) is 0 Å². The lowest BCUT2D eigenvalue weighted by atomic mass is 10.1. The first kappa shape index (κ1) is 9.56. The van der Waals surface area contributed by atoms with Crippen molar-refractivity contribution in [1.29, 1.82) is 0 Å². The van der Waals surface area contributed by atoms with Gasteiger partial charge < -0.3 is 4.74 Å². The molecule has 3 nitrogen and oxygen atoms in total. The highest BCUT2D eigenvalue weighted by molar-refractivity contribution is 4.70. The summed E-state index contributed by atoms with van der Waals surface area (Å²) in [5.41, 5.74) is 0. The van der Waals surface area contributed by atoms with Crippen molar-refractivity contribution in [3.05, 3.63) is 4.91 Å². The average Bonchev–Trinajstić information content (AvgIpc) is 1.91. The molecule has 0 bridgehead atoms. The fraction of sp³-hybridized carbons (Fsp3) is 1.00. The lowest BCUT2D eigenvalue weighted by Crippen LogP contribution is -2.23. The first-order valence-electron chi connectivity index (χ1n) is 3.70. The van der Waals surface area contributed by atoms with Crippen molar-refractivity contribution in [2.45, 2.75) is 39.3 Å². The highest BCUT2D eigenvalue weighted by atomic mass is 16.5. The van der Waals surface area contributed by atoms with Crippen LogP contribution in [0.4, 0.5) is 0 Å². The van der Waals surface area contributed by atoms with E-state index < -0.39 is 0 Å². The summed E-state index contributed by atoms with van der Waals surface area (Å²) in [4.78, 5) is 10.1. The third kappa shape index (κ3) is 2.92. The first-order valence-corrected chi connectivity index (χ1v) is 3.70. The van der Waals surface area contributed by atoms with Crippen LogP contribution in [-0.2, 0) is 4.74 Å². The third-order valence-electron chi connectivity index (χ3n) is 1.53. The molecule has 2 unspecified atom stereocenters. The maximum atomic E-state index is 10.1. The molecule has 0 N–H and O–H groups in total. The van der Waals surface area contributed by atoms with Gasteiger partial charge in [-0.2, -0.15) is 4.91 Å². The Morgan fingerprint density at radius 1 is 1.50 bits per heavy atom. The van der Waals surface area contributed by atoms with Crippen molar-refractivity contribution in [1.82, 2.24) is 0 Å². The Morgan fingerprint density at radius 2 is 2.10 bits per heavy atom. The number of ether oxygens (including phenoxy) is 1. The molecule has 0 aromatic heterocycles. The van der Waals surface area contributed by atoms with Crippen LogP contribution in [0.3, 0.4) is 0 Å². The predicted molar refractivity (Wildman–Crippen MR) is 41.0 cm³/mol. The molecule has 0 radical (unpaired) electrons. The summed E-state index contributed by atoms with van der Waals surface area (Å²) in [6, 6.07) is -0.181. The van der Waals surface area contributed by atoms with E-state index in [1.165, 1.54) is 0 Å². The molecule has 0 spiro atoms. The molecule has 0 aromatic rings. The molecule has 0 fully saturated rings. The van der Waals surface area contributed by atoms with E-state index >= 15 is 0 Å². The van der Waals surface area contributed by atoms with Crippen LogP contribution in [0, 0.1) is 4.91 Å². The van der Waals surface area contributed by atoms with Crippen molar-refractivity contribution >= 4 is 0 Å². The lowest BCUT2D eigenvalue weighted by Gasteiger charge is -2.14. The van der Waals surface area contributed by atoms with Crippen LogP contribution in [-0.4, -0.2) is 18.8 Å². The number of nitrogens with zero attached hydrogens (tertiary/aromatic N) is 1. The Balaban J connectivity index is 3.63. The smallest absolute Gasteiger partial charge is 0.117 e. The van der Waals surface area contributed by atoms with Gasteiger partial charge >= 0.3 is 0 Å². The number of rotatable bonds is 5. The zero-order valence-electron chi connectivity index (χ0n) is 6.83. The third-order valence-corrected chi connectivity index (χ3v) is 1.53. The van der Waals surface area contributed by atoms with Crippen LogP contribution in [0.2, 0.25) is 0 Å². The molecule has 0 aliphatic heterocycles. The standard InChI is InChI=1S/C7H15NO2/c1-4-7(8-9)6(3)10-5-2/h6-7H,4-5H2,1-3H3. The summed E-state index contributed by atoms with van der Waals surface area (Å²) in [5, 5.41) is 2.95. The van der Waals surface area contributed by atoms with Crippen molar-refractivity contribution in [2.75, 3.05) is 6.61 Å². The molecule has 0 saturated carbocycles. The maximum Gasteiger partial charge on any atom is 0.117 e. The van der Waals surface area contributed by atoms with E-state index in [0.29, 0.717) is 6.61 Å². The summed E-state index contributed by atoms with van der Waals surface area (Å²) >= 11 is 0. The average molecular weight is 145 g/mol. The van der Waals surface area contributed by atoms with Gasteiger partial charge in [0.2, 0.25) is 0 Å². The molecule has 0 rings (SSSR count). The molecule has 0 saturated heterocycles. The van der Waals surface area contributed by atoms with Crippen LogP contribution < -0.4 is 0 Å². The van der Waals surface area contributed by atoms with E-state index in [-0.39, 0.29) is 12.1 Å². The molecule has 0 aromatic carbocycles. The van der Waals surface area contributed by atoms with Gasteiger partial charge in [0.15, 0.2) is 0 Å². The van der Waals surface area contributed by atoms with Gasteiger partial charge in [0.25, 0.3) is 0 Å². The summed E-state index contributed by atoms with van der Waals surface area (Å²) in [6.45, 7) is 6.36. The van der Waals surface area contributed by atoms with Gasteiger partial charge in [-0.3, -0.25) is 0 Å². The second-order valence-electron chi connectivity index (χ2n) is 2.24. The molecule has 3 heteroatoms. The normalized spacial score (nSPS) is 16.3. The fourth-order valence-corrected chi connectivity index (χ4v) is 0.866. The van der Waals surface area contributed by atoms with Crippen LogP contribution >= 0.6 is 0 Å². The highest BCUT2D eigenvalue weighted by Gasteiger charge is 2.14. The molecule has 0 aliphatic rings. The topological polar surface area (TPSA) is 38.7 Å². The van der Waals surface area contributed by atoms with Gasteiger partial charge in [0.1, 0.15) is 6.04 Å². The zero-order chi connectivity index (χ0) is 7.98. The zero-order valence-corrected chi connectivity index (χ0v) is 6.83. The van der Waals surface area contributed by atoms with Crippen LogP contribution in [0.5, 0.6) is 0 Å². The predicted octanol–water partition coefficient (Wildman–Crippen LogP) is 1.96. The molecular weight excluding hydrogens is 130 g/mol. The Bertz CT molecular complexity index is 95.6. The molecule has 0 heterocycles. The van der Waals surface area contributed by atoms with Crippen LogP contribution in [0.25, 0.3) is 0 Å². The molecule has 10 heavy (non-hydrogen) atoms. The van der Waals surface area contributed by atoms with Crippen LogP contribution in [0.15, 0.2) is 5.18 Å². The largest absolute Gasteiger partial charge is 0.376 e. The maximum absolute atomic E-state index is 10.1. The van der Waals surface area contributed by atoms with E-state index in [2.05, 4.69) is 5.18 Å². The summed E-state index contributed by atoms with van der Waals surface area (Å²) in [7, 11) is 0. The highest BCUT2D eigenvalue weighted by Crippen LogP contribution is 2.06.